The van der Waals surface area contributed by atoms with E-state index in [4.69, 9.17) is 0 Å². The minimum Gasteiger partial charge on any atom is -0.360 e. The average molecular weight is 334 g/mol. The van der Waals surface area contributed by atoms with Crippen LogP contribution in [-0.2, 0) is 6.42 Å². The van der Waals surface area contributed by atoms with Crippen LogP contribution in [0, 0.1) is 0 Å². The minimum atomic E-state index is -0.333. The number of aromatic nitrogens is 1. The second-order valence-corrected chi connectivity index (χ2v) is 6.58. The van der Waals surface area contributed by atoms with Gasteiger partial charge in [-0.3, -0.25) is 4.79 Å². The molecule has 2 atom stereocenters. The van der Waals surface area contributed by atoms with Crippen LogP contribution in [0.2, 0.25) is 0 Å². The number of H-pyrrole nitrogens is 1. The third kappa shape index (κ3) is 3.52. The van der Waals surface area contributed by atoms with Gasteiger partial charge in [0.05, 0.1) is 6.04 Å². The Bertz CT molecular complexity index is 851. The predicted molar refractivity (Wildman–Crippen MR) is 104 cm³/mol. The Labute approximate surface area is 149 Å². The van der Waals surface area contributed by atoms with Gasteiger partial charge in [0.15, 0.2) is 5.78 Å². The van der Waals surface area contributed by atoms with Gasteiger partial charge in [-0.05, 0) is 30.9 Å². The van der Waals surface area contributed by atoms with E-state index in [9.17, 15) is 4.79 Å². The Morgan fingerprint density at radius 3 is 2.52 bits per heavy atom. The molecule has 0 aliphatic carbocycles. The minimum absolute atomic E-state index is 0.117. The van der Waals surface area contributed by atoms with E-state index in [0.29, 0.717) is 0 Å². The van der Waals surface area contributed by atoms with Gasteiger partial charge < -0.3 is 10.3 Å². The Balaban J connectivity index is 2.03. The first kappa shape index (κ1) is 17.4. The highest BCUT2D eigenvalue weighted by molar-refractivity contribution is 6.11. The zero-order valence-corrected chi connectivity index (χ0v) is 15.2. The number of fused-ring (bicyclic) bond motifs is 1. The summed E-state index contributed by atoms with van der Waals surface area (Å²) in [5.41, 5.74) is 4.08. The zero-order valence-electron chi connectivity index (χ0n) is 15.2. The van der Waals surface area contributed by atoms with Crippen molar-refractivity contribution >= 4 is 16.7 Å². The van der Waals surface area contributed by atoms with Crippen molar-refractivity contribution in [2.45, 2.75) is 45.7 Å². The van der Waals surface area contributed by atoms with Crippen LogP contribution in [0.4, 0.5) is 0 Å². The first-order valence-corrected chi connectivity index (χ1v) is 9.09. The second-order valence-electron chi connectivity index (χ2n) is 6.58. The molecule has 0 saturated carbocycles. The highest BCUT2D eigenvalue weighted by Gasteiger charge is 2.25. The van der Waals surface area contributed by atoms with Crippen LogP contribution in [0.3, 0.4) is 0 Å². The average Bonchev–Trinajstić information content (AvgIpc) is 3.10. The monoisotopic (exact) mass is 334 g/mol. The lowest BCUT2D eigenvalue weighted by Crippen LogP contribution is -2.35. The maximum atomic E-state index is 13.4. The summed E-state index contributed by atoms with van der Waals surface area (Å²) in [6, 6.07) is 16.1. The van der Waals surface area contributed by atoms with Gasteiger partial charge in [0.1, 0.15) is 0 Å². The van der Waals surface area contributed by atoms with Gasteiger partial charge >= 0.3 is 0 Å². The molecular weight excluding hydrogens is 308 g/mol. The molecule has 2 aromatic carbocycles. The summed E-state index contributed by atoms with van der Waals surface area (Å²) in [5, 5.41) is 4.51. The number of carbonyl (C=O) groups excluding carboxylic acids is 1. The van der Waals surface area contributed by atoms with Crippen LogP contribution >= 0.6 is 0 Å². The molecular formula is C22H26N2O. The van der Waals surface area contributed by atoms with Crippen molar-refractivity contribution < 1.29 is 4.79 Å². The first-order valence-electron chi connectivity index (χ1n) is 9.09. The van der Waals surface area contributed by atoms with Crippen LogP contribution in [0.5, 0.6) is 0 Å². The Hall–Kier alpha value is -2.39. The van der Waals surface area contributed by atoms with Crippen molar-refractivity contribution in [3.05, 3.63) is 71.4 Å². The number of hydrogen-bond acceptors (Lipinski definition) is 2. The van der Waals surface area contributed by atoms with Crippen molar-refractivity contribution in [1.29, 1.82) is 0 Å². The fraction of sp³-hybridized carbons (Fsp3) is 0.318. The van der Waals surface area contributed by atoms with Crippen LogP contribution in [0.25, 0.3) is 10.9 Å². The SMILES string of the molecule is CCc1cccc2c(C(=O)[C@@H](N[C@@H](C)CC)c3ccccc3)c[nH]c12. The van der Waals surface area contributed by atoms with Gasteiger partial charge in [0.25, 0.3) is 0 Å². The zero-order chi connectivity index (χ0) is 17.8. The number of nitrogens with one attached hydrogen (secondary N) is 2. The molecule has 2 N–H and O–H groups in total. The number of carbonyl (C=O) groups is 1. The molecule has 0 spiro atoms. The number of rotatable bonds is 7. The number of Topliss-reactive ketones (excluding diaryl/α,β-unsaturated/α-hetero) is 1. The molecule has 1 heterocycles. The predicted octanol–water partition coefficient (Wildman–Crippen LogP) is 5.04. The van der Waals surface area contributed by atoms with Crippen molar-refractivity contribution in [3.63, 3.8) is 0 Å². The molecule has 25 heavy (non-hydrogen) atoms. The lowest BCUT2D eigenvalue weighted by molar-refractivity contribution is 0.0938. The van der Waals surface area contributed by atoms with Crippen LogP contribution in [-0.4, -0.2) is 16.8 Å². The number of aryl methyl sites for hydroxylation is 1. The van der Waals surface area contributed by atoms with E-state index in [0.717, 1.165) is 34.9 Å². The van der Waals surface area contributed by atoms with Crippen LogP contribution in [0.15, 0.2) is 54.7 Å². The Kier molecular flexibility index (Phi) is 5.34. The summed E-state index contributed by atoms with van der Waals surface area (Å²) >= 11 is 0. The molecule has 0 unspecified atom stereocenters. The van der Waals surface area contributed by atoms with E-state index < -0.39 is 0 Å². The number of hydrogen-bond donors (Lipinski definition) is 2. The van der Waals surface area contributed by atoms with E-state index in [1.54, 1.807) is 0 Å². The molecule has 0 radical (unpaired) electrons. The van der Waals surface area contributed by atoms with Crippen molar-refractivity contribution in [2.24, 2.45) is 0 Å². The number of aromatic amines is 1. The van der Waals surface area contributed by atoms with Crippen LogP contribution < -0.4 is 5.32 Å². The smallest absolute Gasteiger partial charge is 0.186 e. The van der Waals surface area contributed by atoms with Gasteiger partial charge in [0.2, 0.25) is 0 Å². The van der Waals surface area contributed by atoms with Gasteiger partial charge in [-0.2, -0.15) is 0 Å². The summed E-state index contributed by atoms with van der Waals surface area (Å²) in [5.74, 6) is 0.117. The van der Waals surface area contributed by atoms with E-state index >= 15 is 0 Å². The van der Waals surface area contributed by atoms with Crippen molar-refractivity contribution in [3.8, 4) is 0 Å². The number of ketones is 1. The van der Waals surface area contributed by atoms with Crippen molar-refractivity contribution in [1.82, 2.24) is 10.3 Å². The number of benzene rings is 2. The van der Waals surface area contributed by atoms with E-state index in [-0.39, 0.29) is 17.9 Å². The number of para-hydroxylation sites is 1. The largest absolute Gasteiger partial charge is 0.360 e. The first-order chi connectivity index (χ1) is 12.2. The van der Waals surface area contributed by atoms with Crippen LogP contribution in [0.1, 0.15) is 54.7 Å². The maximum Gasteiger partial charge on any atom is 0.186 e. The molecule has 0 aliphatic rings. The van der Waals surface area contributed by atoms with Gasteiger partial charge in [-0.15, -0.1) is 0 Å². The third-order valence-electron chi connectivity index (χ3n) is 4.91. The molecule has 3 nitrogen and oxygen atoms in total. The van der Waals surface area contributed by atoms with Gasteiger partial charge in [0, 0.05) is 28.7 Å². The summed E-state index contributed by atoms with van der Waals surface area (Å²) in [4.78, 5) is 16.7. The summed E-state index contributed by atoms with van der Waals surface area (Å²) in [6.45, 7) is 6.38. The van der Waals surface area contributed by atoms with Gasteiger partial charge in [-0.1, -0.05) is 62.4 Å². The fourth-order valence-corrected chi connectivity index (χ4v) is 3.24. The van der Waals surface area contributed by atoms with Crippen molar-refractivity contribution in [2.75, 3.05) is 0 Å². The van der Waals surface area contributed by atoms with Gasteiger partial charge in [-0.25, -0.2) is 0 Å². The Morgan fingerprint density at radius 1 is 1.08 bits per heavy atom. The maximum absolute atomic E-state index is 13.4. The third-order valence-corrected chi connectivity index (χ3v) is 4.91. The molecule has 3 heteroatoms. The van der Waals surface area contributed by atoms with E-state index in [1.165, 1.54) is 5.56 Å². The fourth-order valence-electron chi connectivity index (χ4n) is 3.24. The normalized spacial score (nSPS) is 13.7. The van der Waals surface area contributed by atoms with E-state index in [1.807, 2.05) is 48.7 Å². The molecule has 3 rings (SSSR count). The lowest BCUT2D eigenvalue weighted by atomic mass is 9.95. The lowest BCUT2D eigenvalue weighted by Gasteiger charge is -2.22. The summed E-state index contributed by atoms with van der Waals surface area (Å²) in [6.07, 6.45) is 3.78. The van der Waals surface area contributed by atoms with E-state index in [2.05, 4.69) is 37.1 Å². The summed E-state index contributed by atoms with van der Waals surface area (Å²) in [7, 11) is 0. The molecule has 1 aromatic heterocycles. The molecule has 0 fully saturated rings. The molecule has 3 aromatic rings. The Morgan fingerprint density at radius 2 is 1.84 bits per heavy atom. The second kappa shape index (κ2) is 7.66. The molecule has 0 amide bonds. The standard InChI is InChI=1S/C22H26N2O/c1-4-15(3)24-21(17-10-7-6-8-11-17)22(25)19-14-23-20-16(5-2)12-9-13-18(19)20/h6-15,21,23-24H,4-5H2,1-3H3/t15-,21-/m0/s1. The summed E-state index contributed by atoms with van der Waals surface area (Å²) < 4.78 is 0. The highest BCUT2D eigenvalue weighted by atomic mass is 16.1. The molecule has 0 aliphatic heterocycles. The quantitative estimate of drug-likeness (QED) is 0.594. The highest BCUT2D eigenvalue weighted by Crippen LogP contribution is 2.27. The topological polar surface area (TPSA) is 44.9 Å². The molecule has 0 bridgehead atoms. The molecule has 0 saturated heterocycles. The molecule has 130 valence electrons.